The quantitative estimate of drug-likeness (QED) is 0.746. The first-order chi connectivity index (χ1) is 12.5. The third-order valence-corrected chi connectivity index (χ3v) is 4.27. The summed E-state index contributed by atoms with van der Waals surface area (Å²) in [5, 5.41) is 7.24. The molecule has 1 atom stereocenters. The zero-order valence-electron chi connectivity index (χ0n) is 14.6. The van der Waals surface area contributed by atoms with Gasteiger partial charge in [0.05, 0.1) is 24.6 Å². The number of nitrogens with zero attached hydrogens (tertiary/aromatic N) is 4. The van der Waals surface area contributed by atoms with Crippen molar-refractivity contribution < 1.29 is 9.53 Å². The number of carbonyl (C=O) groups is 1. The van der Waals surface area contributed by atoms with Crippen LogP contribution in [0.4, 0.5) is 11.5 Å². The van der Waals surface area contributed by atoms with E-state index in [9.17, 15) is 9.59 Å². The predicted octanol–water partition coefficient (Wildman–Crippen LogP) is -0.0184. The molecule has 1 fully saturated rings. The van der Waals surface area contributed by atoms with E-state index in [0.717, 1.165) is 18.7 Å². The number of aromatic nitrogens is 3. The summed E-state index contributed by atoms with van der Waals surface area (Å²) in [7, 11) is 1.63. The van der Waals surface area contributed by atoms with Crippen LogP contribution < -0.4 is 21.5 Å². The molecule has 1 amide bonds. The molecular formula is C17H22N6O3. The Morgan fingerprint density at radius 1 is 1.46 bits per heavy atom. The molecule has 9 heteroatoms. The summed E-state index contributed by atoms with van der Waals surface area (Å²) in [5.41, 5.74) is 6.37. The summed E-state index contributed by atoms with van der Waals surface area (Å²) < 4.78 is 7.11. The van der Waals surface area contributed by atoms with Gasteiger partial charge < -0.3 is 20.7 Å². The lowest BCUT2D eigenvalue weighted by molar-refractivity contribution is 0.0374. The molecule has 3 heterocycles. The van der Waals surface area contributed by atoms with E-state index >= 15 is 0 Å². The van der Waals surface area contributed by atoms with E-state index in [4.69, 9.17) is 10.5 Å². The number of amides is 1. The largest absolute Gasteiger partial charge is 0.374 e. The first-order valence-corrected chi connectivity index (χ1v) is 8.42. The van der Waals surface area contributed by atoms with E-state index in [1.165, 1.54) is 4.68 Å². The van der Waals surface area contributed by atoms with Gasteiger partial charge in [-0.3, -0.25) is 9.59 Å². The summed E-state index contributed by atoms with van der Waals surface area (Å²) in [4.78, 5) is 29.2. The molecule has 2 aromatic heterocycles. The first kappa shape index (κ1) is 17.9. The fourth-order valence-electron chi connectivity index (χ4n) is 2.80. The maximum Gasteiger partial charge on any atom is 0.268 e. The van der Waals surface area contributed by atoms with Crippen LogP contribution in [0, 0.1) is 0 Å². The van der Waals surface area contributed by atoms with Crippen LogP contribution in [-0.4, -0.2) is 53.0 Å². The van der Waals surface area contributed by atoms with Crippen LogP contribution in [0.3, 0.4) is 0 Å². The summed E-state index contributed by atoms with van der Waals surface area (Å²) in [6.07, 6.45) is 4.03. The highest BCUT2D eigenvalue weighted by atomic mass is 16.5. The van der Waals surface area contributed by atoms with Crippen LogP contribution in [0.2, 0.25) is 0 Å². The smallest absolute Gasteiger partial charge is 0.268 e. The van der Waals surface area contributed by atoms with Crippen LogP contribution in [-0.2, 0) is 11.8 Å². The summed E-state index contributed by atoms with van der Waals surface area (Å²) in [6.45, 7) is 2.64. The highest BCUT2D eigenvalue weighted by Gasteiger charge is 2.21. The number of nitrogens with two attached hydrogens (primary N) is 1. The minimum atomic E-state index is -0.482. The van der Waals surface area contributed by atoms with Gasteiger partial charge in [-0.2, -0.15) is 5.10 Å². The molecule has 2 aromatic rings. The molecular weight excluding hydrogens is 336 g/mol. The summed E-state index contributed by atoms with van der Waals surface area (Å²) in [5.74, 6) is 0.119. The van der Waals surface area contributed by atoms with E-state index in [-0.39, 0.29) is 11.7 Å². The van der Waals surface area contributed by atoms with Gasteiger partial charge in [-0.1, -0.05) is 0 Å². The van der Waals surface area contributed by atoms with Crippen molar-refractivity contribution in [3.05, 3.63) is 46.5 Å². The maximum absolute atomic E-state index is 11.8. The second kappa shape index (κ2) is 7.96. The van der Waals surface area contributed by atoms with Gasteiger partial charge in [0.15, 0.2) is 0 Å². The number of hydrogen-bond acceptors (Lipinski definition) is 7. The Bertz CT molecular complexity index is 837. The van der Waals surface area contributed by atoms with Crippen molar-refractivity contribution in [3.8, 4) is 0 Å². The van der Waals surface area contributed by atoms with Gasteiger partial charge in [0, 0.05) is 44.5 Å². The number of aryl methyl sites for hydroxylation is 1. The molecule has 1 saturated heterocycles. The Balaban J connectivity index is 1.54. The third kappa shape index (κ3) is 4.37. The Kier molecular flexibility index (Phi) is 5.47. The minimum Gasteiger partial charge on any atom is -0.374 e. The molecule has 0 unspecified atom stereocenters. The van der Waals surface area contributed by atoms with Gasteiger partial charge in [-0.25, -0.2) is 9.67 Å². The topological polar surface area (TPSA) is 115 Å². The molecule has 3 N–H and O–H groups in total. The Morgan fingerprint density at radius 2 is 2.31 bits per heavy atom. The van der Waals surface area contributed by atoms with Crippen LogP contribution in [0.1, 0.15) is 16.8 Å². The molecule has 0 aromatic carbocycles. The lowest BCUT2D eigenvalue weighted by Gasteiger charge is -2.34. The molecule has 26 heavy (non-hydrogen) atoms. The Hall–Kier alpha value is -2.94. The van der Waals surface area contributed by atoms with E-state index in [0.29, 0.717) is 31.1 Å². The van der Waals surface area contributed by atoms with Gasteiger partial charge >= 0.3 is 0 Å². The van der Waals surface area contributed by atoms with Gasteiger partial charge in [-0.05, 0) is 18.6 Å². The molecule has 0 saturated carbocycles. The highest BCUT2D eigenvalue weighted by molar-refractivity contribution is 5.93. The van der Waals surface area contributed by atoms with Crippen molar-refractivity contribution in [2.24, 2.45) is 12.8 Å². The summed E-state index contributed by atoms with van der Waals surface area (Å²) in [6, 6.07) is 4.79. The second-order valence-electron chi connectivity index (χ2n) is 6.12. The number of pyridine rings is 1. The fraction of sp³-hybridized carbons (Fsp3) is 0.412. The molecule has 0 bridgehead atoms. The van der Waals surface area contributed by atoms with Crippen molar-refractivity contribution in [2.45, 2.75) is 12.5 Å². The SMILES string of the molecule is Cn1ncc(N2CCO[C@H](CCNc3cc(C(N)=O)ccn3)C2)cc1=O. The number of carbonyl (C=O) groups excluding carboxylic acids is 1. The third-order valence-electron chi connectivity index (χ3n) is 4.27. The van der Waals surface area contributed by atoms with Crippen molar-refractivity contribution in [1.29, 1.82) is 0 Å². The zero-order chi connectivity index (χ0) is 18.5. The number of nitrogens with one attached hydrogen (secondary N) is 1. The monoisotopic (exact) mass is 358 g/mol. The summed E-state index contributed by atoms with van der Waals surface area (Å²) >= 11 is 0. The molecule has 138 valence electrons. The minimum absolute atomic E-state index is 0.0274. The van der Waals surface area contributed by atoms with Crippen molar-refractivity contribution >= 4 is 17.4 Å². The molecule has 0 radical (unpaired) electrons. The van der Waals surface area contributed by atoms with Crippen LogP contribution in [0.25, 0.3) is 0 Å². The lowest BCUT2D eigenvalue weighted by atomic mass is 10.2. The average Bonchev–Trinajstić information content (AvgIpc) is 2.64. The van der Waals surface area contributed by atoms with Gasteiger partial charge in [-0.15, -0.1) is 0 Å². The van der Waals surface area contributed by atoms with Crippen LogP contribution >= 0.6 is 0 Å². The fourth-order valence-corrected chi connectivity index (χ4v) is 2.80. The first-order valence-electron chi connectivity index (χ1n) is 8.42. The number of morpholine rings is 1. The maximum atomic E-state index is 11.8. The van der Waals surface area contributed by atoms with Crippen LogP contribution in [0.5, 0.6) is 0 Å². The van der Waals surface area contributed by atoms with Crippen molar-refractivity contribution in [2.75, 3.05) is 36.5 Å². The number of primary amides is 1. The van der Waals surface area contributed by atoms with Gasteiger partial charge in [0.1, 0.15) is 5.82 Å². The van der Waals surface area contributed by atoms with E-state index in [1.807, 2.05) is 0 Å². The second-order valence-corrected chi connectivity index (χ2v) is 6.12. The number of hydrogen-bond donors (Lipinski definition) is 2. The molecule has 0 spiro atoms. The number of rotatable bonds is 6. The van der Waals surface area contributed by atoms with Gasteiger partial charge in [0.25, 0.3) is 5.56 Å². The predicted molar refractivity (Wildman–Crippen MR) is 97.3 cm³/mol. The normalized spacial score (nSPS) is 17.1. The van der Waals surface area contributed by atoms with E-state index in [2.05, 4.69) is 20.3 Å². The van der Waals surface area contributed by atoms with Crippen LogP contribution in [0.15, 0.2) is 35.4 Å². The molecule has 1 aliphatic rings. The standard InChI is InChI=1S/C17H22N6O3/c1-22-16(24)9-13(10-21-22)23-6-7-26-14(11-23)3-5-20-15-8-12(17(18)25)2-4-19-15/h2,4,8-10,14H,3,5-7,11H2,1H3,(H2,18,25)(H,19,20)/t14-/m1/s1. The Morgan fingerprint density at radius 3 is 3.08 bits per heavy atom. The number of anilines is 2. The molecule has 3 rings (SSSR count). The van der Waals surface area contributed by atoms with E-state index < -0.39 is 5.91 Å². The zero-order valence-corrected chi connectivity index (χ0v) is 14.6. The van der Waals surface area contributed by atoms with Crippen molar-refractivity contribution in [3.63, 3.8) is 0 Å². The Labute approximate surface area is 150 Å². The number of ether oxygens (including phenoxy) is 1. The molecule has 0 aliphatic carbocycles. The molecule has 1 aliphatic heterocycles. The highest BCUT2D eigenvalue weighted by Crippen LogP contribution is 2.16. The van der Waals surface area contributed by atoms with E-state index in [1.54, 1.807) is 37.6 Å². The van der Waals surface area contributed by atoms with Gasteiger partial charge in [0.2, 0.25) is 5.91 Å². The average molecular weight is 358 g/mol. The lowest BCUT2D eigenvalue weighted by Crippen LogP contribution is -2.43. The van der Waals surface area contributed by atoms with Crippen molar-refractivity contribution in [1.82, 2.24) is 14.8 Å². The molecule has 9 nitrogen and oxygen atoms in total.